The van der Waals surface area contributed by atoms with Crippen molar-refractivity contribution in [3.8, 4) is 0 Å². The number of rotatable bonds is 42. The van der Waals surface area contributed by atoms with Crippen molar-refractivity contribution in [1.29, 1.82) is 0 Å². The van der Waals surface area contributed by atoms with Gasteiger partial charge >= 0.3 is 19.8 Å². The summed E-state index contributed by atoms with van der Waals surface area (Å²) in [5.74, 6) is -2.42. The van der Waals surface area contributed by atoms with Crippen molar-refractivity contribution in [1.82, 2.24) is 5.32 Å². The lowest BCUT2D eigenvalue weighted by molar-refractivity contribution is -0.147. The fraction of sp³-hybridized carbons (Fsp3) is 0.688. The summed E-state index contributed by atoms with van der Waals surface area (Å²) >= 11 is 0. The molecule has 0 aliphatic heterocycles. The van der Waals surface area contributed by atoms with E-state index in [-0.39, 0.29) is 12.8 Å². The van der Waals surface area contributed by atoms with Gasteiger partial charge in [0.25, 0.3) is 0 Å². The van der Waals surface area contributed by atoms with Crippen LogP contribution in [-0.4, -0.2) is 64.9 Å². The van der Waals surface area contributed by atoms with Crippen molar-refractivity contribution in [2.24, 2.45) is 0 Å². The third kappa shape index (κ3) is 41.6. The molecular weight excluding hydrogens is 781 g/mol. The predicted octanol–water partition coefficient (Wildman–Crippen LogP) is 12.1. The third-order valence-corrected chi connectivity index (χ3v) is 10.4. The van der Waals surface area contributed by atoms with E-state index in [2.05, 4.69) is 92.1 Å². The van der Waals surface area contributed by atoms with Crippen LogP contribution in [0.25, 0.3) is 0 Å². The number of hydrogen-bond donors (Lipinski definition) is 4. The minimum Gasteiger partial charge on any atom is -0.480 e. The number of phosphoric acid groups is 1. The van der Waals surface area contributed by atoms with Gasteiger partial charge in [-0.25, -0.2) is 9.36 Å². The molecule has 0 aromatic heterocycles. The molecule has 0 aromatic rings. The number of nitrogens with one attached hydrogen (secondary N) is 1. The third-order valence-electron chi connectivity index (χ3n) is 9.47. The summed E-state index contributed by atoms with van der Waals surface area (Å²) < 4.78 is 26.8. The van der Waals surface area contributed by atoms with Crippen LogP contribution in [0.2, 0.25) is 0 Å². The molecule has 0 saturated heterocycles. The van der Waals surface area contributed by atoms with Crippen LogP contribution >= 0.6 is 7.82 Å². The Morgan fingerprint density at radius 3 is 1.37 bits per heavy atom. The first-order valence-electron chi connectivity index (χ1n) is 23.0. The number of phosphoric ester groups is 1. The van der Waals surface area contributed by atoms with Crippen LogP contribution in [0.5, 0.6) is 0 Å². The smallest absolute Gasteiger partial charge is 0.472 e. The second kappa shape index (κ2) is 42.6. The minimum absolute atomic E-state index is 0.125. The van der Waals surface area contributed by atoms with Crippen LogP contribution in [0.1, 0.15) is 181 Å². The quantitative estimate of drug-likeness (QED) is 0.0201. The van der Waals surface area contributed by atoms with E-state index in [1.165, 1.54) is 44.9 Å². The number of esters is 1. The molecule has 0 saturated carbocycles. The van der Waals surface area contributed by atoms with Gasteiger partial charge in [-0.15, -0.1) is 0 Å². The number of hydrogen-bond acceptors (Lipinski definition) is 8. The highest BCUT2D eigenvalue weighted by molar-refractivity contribution is 7.47. The molecule has 60 heavy (non-hydrogen) atoms. The van der Waals surface area contributed by atoms with Crippen LogP contribution in [0.3, 0.4) is 0 Å². The normalized spacial score (nSPS) is 14.3. The first-order chi connectivity index (χ1) is 29.1. The molecular formula is C48H82NO10P. The summed E-state index contributed by atoms with van der Waals surface area (Å²) in [6.45, 7) is 2.50. The molecule has 0 radical (unpaired) electrons. The standard InChI is InChI=1S/C48H82NO10P/c1-3-5-7-9-11-13-15-17-19-20-21-22-23-24-26-28-30-32-34-36-38-40-47(52)57-41-44(50)42-58-60(55,56)59-43-45(48(53)54)49-46(51)39-37-35-33-31-29-27-25-18-16-14-12-10-8-6-4-2/h11-14,17-19,21-22,24-26,44-45,50H,3-10,15-16,20,23,27-43H2,1-2H3,(H,49,51)(H,53,54)(H,55,56)/b13-11-,14-12-,19-17-,22-21-,25-18-,26-24-. The van der Waals surface area contributed by atoms with E-state index in [1.54, 1.807) is 0 Å². The minimum atomic E-state index is -4.77. The molecule has 0 spiro atoms. The maximum atomic E-state index is 12.3. The molecule has 11 nitrogen and oxygen atoms in total. The maximum absolute atomic E-state index is 12.3. The summed E-state index contributed by atoms with van der Waals surface area (Å²) in [6, 6.07) is -1.56. The molecule has 1 amide bonds. The Morgan fingerprint density at radius 2 is 0.917 bits per heavy atom. The molecule has 0 aliphatic rings. The summed E-state index contributed by atoms with van der Waals surface area (Å²) in [5, 5.41) is 21.8. The first-order valence-corrected chi connectivity index (χ1v) is 24.5. The number of allylic oxidation sites excluding steroid dienone is 12. The Bertz CT molecular complexity index is 1290. The Morgan fingerprint density at radius 1 is 0.533 bits per heavy atom. The van der Waals surface area contributed by atoms with Crippen molar-refractivity contribution in [2.45, 2.75) is 193 Å². The number of carboxylic acid groups (broad SMARTS) is 1. The van der Waals surface area contributed by atoms with E-state index in [0.29, 0.717) is 12.8 Å². The second-order valence-corrected chi connectivity index (χ2v) is 16.7. The average molecular weight is 864 g/mol. The van der Waals surface area contributed by atoms with E-state index in [1.807, 2.05) is 0 Å². The molecule has 4 N–H and O–H groups in total. The molecule has 0 bridgehead atoms. The topological polar surface area (TPSA) is 169 Å². The van der Waals surface area contributed by atoms with Crippen LogP contribution in [0.15, 0.2) is 72.9 Å². The van der Waals surface area contributed by atoms with Gasteiger partial charge in [0, 0.05) is 12.8 Å². The lowest BCUT2D eigenvalue weighted by Gasteiger charge is -2.18. The monoisotopic (exact) mass is 864 g/mol. The van der Waals surface area contributed by atoms with Gasteiger partial charge in [-0.1, -0.05) is 151 Å². The highest BCUT2D eigenvalue weighted by Crippen LogP contribution is 2.43. The van der Waals surface area contributed by atoms with Gasteiger partial charge in [0.1, 0.15) is 12.7 Å². The molecule has 0 rings (SSSR count). The fourth-order valence-electron chi connectivity index (χ4n) is 5.86. The molecule has 0 aliphatic carbocycles. The van der Waals surface area contributed by atoms with E-state index in [4.69, 9.17) is 13.8 Å². The van der Waals surface area contributed by atoms with Gasteiger partial charge in [0.05, 0.1) is 13.2 Å². The number of carboxylic acids is 1. The van der Waals surface area contributed by atoms with Gasteiger partial charge in [-0.05, 0) is 89.9 Å². The zero-order valence-electron chi connectivity index (χ0n) is 37.2. The van der Waals surface area contributed by atoms with E-state index >= 15 is 0 Å². The number of unbranched alkanes of at least 4 members (excludes halogenated alkanes) is 16. The molecule has 0 heterocycles. The van der Waals surface area contributed by atoms with Crippen LogP contribution in [-0.2, 0) is 32.7 Å². The number of carbonyl (C=O) groups excluding carboxylic acids is 2. The second-order valence-electron chi connectivity index (χ2n) is 15.2. The number of aliphatic hydroxyl groups excluding tert-OH is 1. The van der Waals surface area contributed by atoms with Crippen molar-refractivity contribution in [2.75, 3.05) is 19.8 Å². The predicted molar refractivity (Wildman–Crippen MR) is 244 cm³/mol. The summed E-state index contributed by atoms with van der Waals surface area (Å²) in [7, 11) is -4.77. The summed E-state index contributed by atoms with van der Waals surface area (Å²) in [5.41, 5.74) is 0. The SMILES string of the molecule is CCCCC/C=C\C/C=C\C/C=C\C/C=C\CCCCCCCC(=O)OCC(O)COP(=O)(O)OCC(NC(=O)CCCCCCC/C=C\C/C=C\CCCCC)C(=O)O. The van der Waals surface area contributed by atoms with Gasteiger partial charge in [-0.3, -0.25) is 18.6 Å². The van der Waals surface area contributed by atoms with Crippen molar-refractivity contribution in [3.63, 3.8) is 0 Å². The summed E-state index contributed by atoms with van der Waals surface area (Å²) in [4.78, 5) is 45.9. The van der Waals surface area contributed by atoms with E-state index in [0.717, 1.165) is 96.3 Å². The van der Waals surface area contributed by atoms with Crippen LogP contribution in [0.4, 0.5) is 0 Å². The maximum Gasteiger partial charge on any atom is 0.472 e. The number of amides is 1. The highest BCUT2D eigenvalue weighted by atomic mass is 31.2. The van der Waals surface area contributed by atoms with Crippen LogP contribution in [0, 0.1) is 0 Å². The lowest BCUT2D eigenvalue weighted by Crippen LogP contribution is -2.43. The Hall–Kier alpha value is -3.08. The zero-order chi connectivity index (χ0) is 44.2. The zero-order valence-corrected chi connectivity index (χ0v) is 38.1. The number of ether oxygens (including phenoxy) is 1. The molecule has 0 aromatic carbocycles. The first kappa shape index (κ1) is 56.9. The van der Waals surface area contributed by atoms with Gasteiger partial charge in [0.2, 0.25) is 5.91 Å². The van der Waals surface area contributed by atoms with E-state index < -0.39 is 57.6 Å². The summed E-state index contributed by atoms with van der Waals surface area (Å²) in [6.07, 6.45) is 50.6. The average Bonchev–Trinajstić information content (AvgIpc) is 3.22. The Labute approximate surface area is 363 Å². The number of carbonyl (C=O) groups is 3. The molecule has 3 unspecified atom stereocenters. The van der Waals surface area contributed by atoms with Gasteiger partial charge < -0.3 is 25.2 Å². The largest absolute Gasteiger partial charge is 0.480 e. The van der Waals surface area contributed by atoms with Gasteiger partial charge in [-0.2, -0.15) is 0 Å². The van der Waals surface area contributed by atoms with Crippen molar-refractivity contribution in [3.05, 3.63) is 72.9 Å². The molecule has 3 atom stereocenters. The van der Waals surface area contributed by atoms with Crippen molar-refractivity contribution >= 4 is 25.7 Å². The highest BCUT2D eigenvalue weighted by Gasteiger charge is 2.28. The molecule has 0 fully saturated rings. The van der Waals surface area contributed by atoms with E-state index in [9.17, 15) is 34.1 Å². The number of aliphatic carboxylic acids is 1. The van der Waals surface area contributed by atoms with Crippen molar-refractivity contribution < 1.29 is 47.8 Å². The van der Waals surface area contributed by atoms with Crippen LogP contribution < -0.4 is 5.32 Å². The number of aliphatic hydroxyl groups is 1. The Kier molecular flexibility index (Phi) is 40.4. The lowest BCUT2D eigenvalue weighted by atomic mass is 10.1. The molecule has 12 heteroatoms. The Balaban J connectivity index is 3.94. The molecule has 344 valence electrons. The van der Waals surface area contributed by atoms with Gasteiger partial charge in [0.15, 0.2) is 6.04 Å². The fourth-order valence-corrected chi connectivity index (χ4v) is 6.63.